The first kappa shape index (κ1) is 25.7. The minimum Gasteiger partial charge on any atom is -0.448 e. The van der Waals surface area contributed by atoms with Crippen LogP contribution in [0, 0.1) is 11.8 Å². The minimum atomic E-state index is -2.94. The first-order valence-corrected chi connectivity index (χ1v) is 12.6. The van der Waals surface area contributed by atoms with Crippen molar-refractivity contribution >= 4 is 33.3 Å². The number of nitrogens with one attached hydrogen (secondary N) is 2. The fourth-order valence-corrected chi connectivity index (χ4v) is 3.88. The van der Waals surface area contributed by atoms with Crippen LogP contribution in [0.2, 0.25) is 0 Å². The lowest BCUT2D eigenvalue weighted by molar-refractivity contribution is 0.164. The van der Waals surface area contributed by atoms with Crippen LogP contribution in [-0.2, 0) is 21.5 Å². The number of benzene rings is 1. The van der Waals surface area contributed by atoms with E-state index in [9.17, 15) is 14.1 Å². The highest BCUT2D eigenvalue weighted by atomic mass is 32.2. The van der Waals surface area contributed by atoms with Gasteiger partial charge < -0.3 is 25.0 Å². The monoisotopic (exact) mass is 497 g/mol. The first-order valence-electron chi connectivity index (χ1n) is 10.7. The standard InChI is InChI=1S/C23H27N7O4S/c1-5-34-23(32)29-35(4,33)20-10-7-18(8-11-20)27-22-25-12-17(21(28-22)26-16(2)14-31)6-9-19-13-24-15-30(19)3/h7-8,10-13,15-16,31H,5,14H2,1-4H3,(H2,25,26,27,28)/t16-,35?/m1/s1. The van der Waals surface area contributed by atoms with Crippen LogP contribution in [0.15, 0.2) is 52.2 Å². The fraction of sp³-hybridized carbons (Fsp3) is 0.304. The van der Waals surface area contributed by atoms with Gasteiger partial charge in [0.05, 0.1) is 47.2 Å². The van der Waals surface area contributed by atoms with E-state index >= 15 is 0 Å². The van der Waals surface area contributed by atoms with Gasteiger partial charge in [-0.25, -0.2) is 19.0 Å². The van der Waals surface area contributed by atoms with Crippen molar-refractivity contribution in [2.24, 2.45) is 11.4 Å². The summed E-state index contributed by atoms with van der Waals surface area (Å²) in [4.78, 5) is 24.9. The molecule has 0 bridgehead atoms. The number of amides is 1. The molecule has 184 valence electrons. The van der Waals surface area contributed by atoms with Gasteiger partial charge in [0.25, 0.3) is 0 Å². The average Bonchev–Trinajstić information content (AvgIpc) is 3.23. The summed E-state index contributed by atoms with van der Waals surface area (Å²) in [5.74, 6) is 6.82. The number of rotatable bonds is 7. The lowest BCUT2D eigenvalue weighted by Crippen LogP contribution is -2.21. The zero-order valence-corrected chi connectivity index (χ0v) is 20.7. The molecule has 0 radical (unpaired) electrons. The van der Waals surface area contributed by atoms with Gasteiger partial charge in [-0.2, -0.15) is 4.98 Å². The van der Waals surface area contributed by atoms with Crippen LogP contribution in [0.25, 0.3) is 0 Å². The van der Waals surface area contributed by atoms with E-state index in [4.69, 9.17) is 4.74 Å². The molecule has 0 saturated carbocycles. The van der Waals surface area contributed by atoms with Gasteiger partial charge in [-0.3, -0.25) is 0 Å². The summed E-state index contributed by atoms with van der Waals surface area (Å²) in [6.45, 7) is 3.53. The Bertz CT molecular complexity index is 1370. The van der Waals surface area contributed by atoms with Gasteiger partial charge in [0.2, 0.25) is 5.95 Å². The van der Waals surface area contributed by atoms with Gasteiger partial charge in [0.15, 0.2) is 0 Å². The molecular formula is C23H27N7O4S. The molecule has 0 aliphatic carbocycles. The van der Waals surface area contributed by atoms with Crippen LogP contribution in [-0.4, -0.2) is 60.4 Å². The van der Waals surface area contributed by atoms with Gasteiger partial charge in [0, 0.05) is 29.9 Å². The predicted molar refractivity (Wildman–Crippen MR) is 133 cm³/mol. The van der Waals surface area contributed by atoms with Crippen molar-refractivity contribution in [3.8, 4) is 11.8 Å². The average molecular weight is 498 g/mol. The lowest BCUT2D eigenvalue weighted by atomic mass is 10.2. The summed E-state index contributed by atoms with van der Waals surface area (Å²) in [6.07, 6.45) is 5.41. The van der Waals surface area contributed by atoms with Crippen molar-refractivity contribution in [2.45, 2.75) is 24.8 Å². The lowest BCUT2D eigenvalue weighted by Gasteiger charge is -2.14. The van der Waals surface area contributed by atoms with Gasteiger partial charge in [-0.1, -0.05) is 5.92 Å². The summed E-state index contributed by atoms with van der Waals surface area (Å²) in [7, 11) is -1.09. The van der Waals surface area contributed by atoms with Gasteiger partial charge in [-0.15, -0.1) is 4.36 Å². The van der Waals surface area contributed by atoms with E-state index in [1.807, 2.05) is 14.0 Å². The third kappa shape index (κ3) is 7.02. The molecular weight excluding hydrogens is 470 g/mol. The van der Waals surface area contributed by atoms with Gasteiger partial charge in [0.1, 0.15) is 11.5 Å². The molecule has 0 spiro atoms. The Hall–Kier alpha value is -3.95. The molecule has 3 rings (SSSR count). The third-order valence-electron chi connectivity index (χ3n) is 4.65. The fourth-order valence-electron chi connectivity index (χ4n) is 2.80. The highest BCUT2D eigenvalue weighted by Gasteiger charge is 2.12. The van der Waals surface area contributed by atoms with Crippen molar-refractivity contribution in [2.75, 3.05) is 30.1 Å². The van der Waals surface area contributed by atoms with E-state index in [2.05, 4.69) is 41.8 Å². The molecule has 12 heteroatoms. The Morgan fingerprint density at radius 3 is 2.66 bits per heavy atom. The number of aliphatic hydroxyl groups excluding tert-OH is 1. The van der Waals surface area contributed by atoms with Gasteiger partial charge in [-0.05, 0) is 44.0 Å². The number of aromatic nitrogens is 4. The molecule has 3 aromatic rings. The zero-order chi connectivity index (χ0) is 25.4. The van der Waals surface area contributed by atoms with Crippen molar-refractivity contribution in [1.29, 1.82) is 0 Å². The second-order valence-electron chi connectivity index (χ2n) is 7.57. The van der Waals surface area contributed by atoms with Crippen molar-refractivity contribution in [3.05, 3.63) is 54.2 Å². The summed E-state index contributed by atoms with van der Waals surface area (Å²) >= 11 is 0. The topological polar surface area (TPSA) is 144 Å². The molecule has 0 fully saturated rings. The zero-order valence-electron chi connectivity index (χ0n) is 19.8. The first-order chi connectivity index (χ1) is 16.7. The number of ether oxygens (including phenoxy) is 1. The highest BCUT2D eigenvalue weighted by molar-refractivity contribution is 7.93. The molecule has 1 amide bonds. The van der Waals surface area contributed by atoms with Crippen LogP contribution < -0.4 is 10.6 Å². The smallest absolute Gasteiger partial charge is 0.442 e. The minimum absolute atomic E-state index is 0.0873. The molecule has 35 heavy (non-hydrogen) atoms. The molecule has 0 aliphatic rings. The Kier molecular flexibility index (Phi) is 8.40. The van der Waals surface area contributed by atoms with E-state index in [0.717, 1.165) is 5.69 Å². The maximum Gasteiger partial charge on any atom is 0.442 e. The Morgan fingerprint density at radius 2 is 2.03 bits per heavy atom. The number of imidazole rings is 1. The van der Waals surface area contributed by atoms with Crippen LogP contribution in [0.3, 0.4) is 0 Å². The highest BCUT2D eigenvalue weighted by Crippen LogP contribution is 2.20. The Balaban J connectivity index is 1.84. The molecule has 2 aromatic heterocycles. The quantitative estimate of drug-likeness (QED) is 0.420. The molecule has 11 nitrogen and oxygen atoms in total. The number of aliphatic hydroxyl groups is 1. The summed E-state index contributed by atoms with van der Waals surface area (Å²) in [5, 5.41) is 15.7. The van der Waals surface area contributed by atoms with Crippen molar-refractivity contribution in [1.82, 2.24) is 19.5 Å². The number of carbonyl (C=O) groups excluding carboxylic acids is 1. The van der Waals surface area contributed by atoms with Crippen LogP contribution in [0.1, 0.15) is 25.1 Å². The van der Waals surface area contributed by atoms with E-state index in [-0.39, 0.29) is 19.3 Å². The Morgan fingerprint density at radius 1 is 1.29 bits per heavy atom. The van der Waals surface area contributed by atoms with E-state index in [1.54, 1.807) is 54.5 Å². The number of carbonyl (C=O) groups is 1. The van der Waals surface area contributed by atoms with Gasteiger partial charge >= 0.3 is 6.09 Å². The number of nitrogens with zero attached hydrogens (tertiary/aromatic N) is 5. The van der Waals surface area contributed by atoms with Crippen LogP contribution in [0.5, 0.6) is 0 Å². The molecule has 0 aliphatic heterocycles. The molecule has 1 aromatic carbocycles. The number of aryl methyl sites for hydroxylation is 1. The number of anilines is 3. The van der Waals surface area contributed by atoms with Crippen LogP contribution >= 0.6 is 0 Å². The maximum atomic E-state index is 12.8. The largest absolute Gasteiger partial charge is 0.448 e. The second-order valence-corrected chi connectivity index (χ2v) is 9.82. The predicted octanol–water partition coefficient (Wildman–Crippen LogP) is 2.76. The van der Waals surface area contributed by atoms with E-state index in [0.29, 0.717) is 27.9 Å². The molecule has 3 N–H and O–H groups in total. The summed E-state index contributed by atoms with van der Waals surface area (Å²) in [5.41, 5.74) is 1.92. The molecule has 2 heterocycles. The Labute approximate surface area is 204 Å². The molecule has 2 atom stereocenters. The summed E-state index contributed by atoms with van der Waals surface area (Å²) < 4.78 is 23.0. The van der Waals surface area contributed by atoms with E-state index < -0.39 is 15.8 Å². The SMILES string of the molecule is CCOC(=O)N=S(C)(=O)c1ccc(Nc2ncc(C#Cc3cncn3C)c(N[C@H](C)CO)n2)cc1. The molecule has 0 saturated heterocycles. The van der Waals surface area contributed by atoms with Crippen LogP contribution in [0.4, 0.5) is 22.2 Å². The number of hydrogen-bond donors (Lipinski definition) is 3. The van der Waals surface area contributed by atoms with E-state index in [1.165, 1.54) is 6.26 Å². The molecule has 1 unspecified atom stereocenters. The third-order valence-corrected chi connectivity index (χ3v) is 6.30. The van der Waals surface area contributed by atoms with Crippen molar-refractivity contribution < 1.29 is 18.8 Å². The second kappa shape index (κ2) is 11.5. The van der Waals surface area contributed by atoms with Crippen molar-refractivity contribution in [3.63, 3.8) is 0 Å². The normalized spacial score (nSPS) is 13.1. The summed E-state index contributed by atoms with van der Waals surface area (Å²) in [6, 6.07) is 6.32. The number of hydrogen-bond acceptors (Lipinski definition) is 9. The maximum absolute atomic E-state index is 12.8.